The molecule has 8 aromatic carbocycles. The quantitative estimate of drug-likeness (QED) is 0.144. The van der Waals surface area contributed by atoms with Crippen molar-refractivity contribution in [3.05, 3.63) is 204 Å². The molecule has 5 nitrogen and oxygen atoms in total. The highest BCUT2D eigenvalue weighted by Crippen LogP contribution is 2.52. The Hall–Kier alpha value is -7.67. The third-order valence-electron chi connectivity index (χ3n) is 16.0. The van der Waals surface area contributed by atoms with Gasteiger partial charge in [-0.3, -0.25) is 4.57 Å². The molecule has 404 valence electrons. The SMILES string of the molecule is [2H]C([2H])(c1ccnc(-n2c3cc(Oc4cccc(N5CN(c6c(-c7cc(C(C)(C)C)cc(C(C)(C)C)c7)cccc6-c6cc(C(C)(C)C)cc(C(C)(C)C)c6)c6ccccc65)c4)ccc3c3c4sc5ccccc5c4ccc32)c1)C(C)C. The van der Waals surface area contributed by atoms with Crippen LogP contribution < -0.4 is 14.5 Å². The summed E-state index contributed by atoms with van der Waals surface area (Å²) in [6.45, 7) is 32.3. The highest BCUT2D eigenvalue weighted by molar-refractivity contribution is 7.26. The zero-order valence-electron chi connectivity index (χ0n) is 51.1. The zero-order valence-corrected chi connectivity index (χ0v) is 49.9. The van der Waals surface area contributed by atoms with Gasteiger partial charge in [0.2, 0.25) is 0 Å². The number of para-hydroxylation sites is 3. The first-order valence-electron chi connectivity index (χ1n) is 29.5. The summed E-state index contributed by atoms with van der Waals surface area (Å²) in [5, 5.41) is 4.69. The number of thiophene rings is 1. The summed E-state index contributed by atoms with van der Waals surface area (Å²) in [6.07, 6.45) is 0.194. The fraction of sp³-hybridized carbons (Fsp3) is 0.284. The second-order valence-corrected chi connectivity index (χ2v) is 27.6. The largest absolute Gasteiger partial charge is 0.457 e. The predicted octanol–water partition coefficient (Wildman–Crippen LogP) is 21.3. The number of ether oxygens (including phenoxy) is 1. The van der Waals surface area contributed by atoms with Crippen molar-refractivity contribution in [3.8, 4) is 39.6 Å². The molecule has 1 aliphatic heterocycles. The smallest absolute Gasteiger partial charge is 0.137 e. The van der Waals surface area contributed by atoms with E-state index < -0.39 is 6.37 Å². The maximum atomic E-state index is 9.07. The van der Waals surface area contributed by atoms with Crippen molar-refractivity contribution in [2.24, 2.45) is 5.92 Å². The molecule has 0 N–H and O–H groups in total. The van der Waals surface area contributed by atoms with Gasteiger partial charge < -0.3 is 14.5 Å². The lowest BCUT2D eigenvalue weighted by molar-refractivity contribution is 0.483. The van der Waals surface area contributed by atoms with Crippen LogP contribution in [-0.4, -0.2) is 16.2 Å². The molecule has 6 heteroatoms. The zero-order chi connectivity index (χ0) is 58.0. The fourth-order valence-corrected chi connectivity index (χ4v) is 12.9. The molecule has 0 aliphatic carbocycles. The molecule has 4 heterocycles. The van der Waals surface area contributed by atoms with E-state index in [1.165, 1.54) is 70.4 Å². The van der Waals surface area contributed by atoms with Crippen LogP contribution in [0.25, 0.3) is 70.0 Å². The van der Waals surface area contributed by atoms with Crippen LogP contribution in [0.5, 0.6) is 11.5 Å². The van der Waals surface area contributed by atoms with E-state index >= 15 is 0 Å². The van der Waals surface area contributed by atoms with E-state index in [0.29, 0.717) is 23.8 Å². The average molecular weight is 1070 g/mol. The summed E-state index contributed by atoms with van der Waals surface area (Å²) in [4.78, 5) is 9.91. The van der Waals surface area contributed by atoms with Crippen molar-refractivity contribution in [1.82, 2.24) is 9.55 Å². The van der Waals surface area contributed by atoms with E-state index in [9.17, 15) is 0 Å². The molecule has 0 unspecified atom stereocenters. The van der Waals surface area contributed by atoms with E-state index in [0.717, 1.165) is 44.6 Å². The number of rotatable bonds is 9. The standard InChI is InChI=1S/C74H76N4OS/c1-46(2)35-47-33-34-75-67(36-47)78-64-32-31-60-59-23-15-18-28-66(59)80-70(60)68(64)61-30-29-56(44-65(61)78)79-55-22-19-21-54(43-55)76-45-77(63-27-17-16-26-62(63)76)69-57(48-37-50(71(3,4)5)41-51(38-48)72(6,7)8)24-20-25-58(69)49-39-52(73(9,10)11)42-53(40-49)74(12,13)14/h15-34,36-44,46H,35,45H2,1-14H3/i35D2. The molecule has 80 heavy (non-hydrogen) atoms. The number of fused-ring (bicyclic) bond motifs is 8. The maximum absolute atomic E-state index is 9.07. The molecule has 11 aromatic rings. The van der Waals surface area contributed by atoms with Gasteiger partial charge in [-0.05, 0) is 134 Å². The molecular formula is C74H76N4OS. The normalized spacial score (nSPS) is 14.0. The summed E-state index contributed by atoms with van der Waals surface area (Å²) in [7, 11) is 0. The molecular weight excluding hydrogens is 993 g/mol. The molecule has 0 fully saturated rings. The average Bonchev–Trinajstić information content (AvgIpc) is 2.70. The van der Waals surface area contributed by atoms with E-state index in [2.05, 4.69) is 249 Å². The minimum Gasteiger partial charge on any atom is -0.457 e. The van der Waals surface area contributed by atoms with Gasteiger partial charge in [0.15, 0.2) is 0 Å². The van der Waals surface area contributed by atoms with Crippen LogP contribution in [0.2, 0.25) is 0 Å². The van der Waals surface area contributed by atoms with Crippen LogP contribution in [0.1, 0.15) is 127 Å². The summed E-state index contributed by atoms with van der Waals surface area (Å²) in [5.74, 6) is 1.85. The fourth-order valence-electron chi connectivity index (χ4n) is 11.6. The van der Waals surface area contributed by atoms with Crippen LogP contribution in [0.15, 0.2) is 176 Å². The first kappa shape index (κ1) is 50.5. The van der Waals surface area contributed by atoms with E-state index in [4.69, 9.17) is 12.5 Å². The Kier molecular flexibility index (Phi) is 12.4. The van der Waals surface area contributed by atoms with Gasteiger partial charge >= 0.3 is 0 Å². The van der Waals surface area contributed by atoms with E-state index in [-0.39, 0.29) is 27.6 Å². The van der Waals surface area contributed by atoms with Crippen molar-refractivity contribution in [1.29, 1.82) is 0 Å². The molecule has 3 aromatic heterocycles. The van der Waals surface area contributed by atoms with Crippen LogP contribution in [-0.2, 0) is 28.0 Å². The number of pyridine rings is 1. The number of hydrogen-bond donors (Lipinski definition) is 0. The van der Waals surface area contributed by atoms with Crippen molar-refractivity contribution >= 4 is 76.1 Å². The van der Waals surface area contributed by atoms with Crippen molar-refractivity contribution in [2.45, 2.75) is 125 Å². The maximum Gasteiger partial charge on any atom is 0.137 e. The summed E-state index contributed by atoms with van der Waals surface area (Å²) < 4.78 is 29.8. The van der Waals surface area contributed by atoms with Crippen molar-refractivity contribution in [2.75, 3.05) is 16.5 Å². The highest BCUT2D eigenvalue weighted by atomic mass is 32.1. The lowest BCUT2D eigenvalue weighted by Gasteiger charge is -2.31. The molecule has 0 amide bonds. The Morgan fingerprint density at radius 3 is 1.70 bits per heavy atom. The minimum atomic E-state index is -1.55. The van der Waals surface area contributed by atoms with E-state index in [1.807, 2.05) is 43.4 Å². The Morgan fingerprint density at radius 2 is 1.09 bits per heavy atom. The van der Waals surface area contributed by atoms with Crippen molar-refractivity contribution in [3.63, 3.8) is 0 Å². The molecule has 0 radical (unpaired) electrons. The summed E-state index contributed by atoms with van der Waals surface area (Å²) in [5.41, 5.74) is 16.9. The van der Waals surface area contributed by atoms with Gasteiger partial charge in [-0.2, -0.15) is 0 Å². The van der Waals surface area contributed by atoms with Crippen LogP contribution in [0.3, 0.4) is 0 Å². The van der Waals surface area contributed by atoms with E-state index in [1.54, 1.807) is 6.20 Å². The Morgan fingerprint density at radius 1 is 0.525 bits per heavy atom. The number of hydrogen-bond acceptors (Lipinski definition) is 5. The topological polar surface area (TPSA) is 33.5 Å². The summed E-state index contributed by atoms with van der Waals surface area (Å²) in [6, 6.07) is 62.0. The minimum absolute atomic E-state index is 0.0631. The van der Waals surface area contributed by atoms with Gasteiger partial charge in [0, 0.05) is 68.8 Å². The molecule has 0 saturated carbocycles. The van der Waals surface area contributed by atoms with Gasteiger partial charge in [-0.1, -0.05) is 194 Å². The Balaban J connectivity index is 0.989. The highest BCUT2D eigenvalue weighted by Gasteiger charge is 2.33. The molecule has 0 saturated heterocycles. The van der Waals surface area contributed by atoms with Gasteiger partial charge in [0.25, 0.3) is 0 Å². The third-order valence-corrected chi connectivity index (χ3v) is 17.2. The second kappa shape index (κ2) is 19.6. The Labute approximate surface area is 481 Å². The monoisotopic (exact) mass is 1070 g/mol. The van der Waals surface area contributed by atoms with Gasteiger partial charge in [0.1, 0.15) is 24.0 Å². The lowest BCUT2D eigenvalue weighted by atomic mass is 9.77. The first-order chi connectivity index (χ1) is 38.7. The van der Waals surface area contributed by atoms with Gasteiger partial charge in [-0.25, -0.2) is 4.98 Å². The Bertz CT molecular complexity index is 4150. The first-order valence-corrected chi connectivity index (χ1v) is 29.3. The molecule has 0 spiro atoms. The lowest BCUT2D eigenvalue weighted by Crippen LogP contribution is -2.25. The molecule has 1 aliphatic rings. The molecule has 0 atom stereocenters. The number of anilines is 4. The predicted molar refractivity (Wildman–Crippen MR) is 344 cm³/mol. The summed E-state index contributed by atoms with van der Waals surface area (Å²) >= 11 is 1.81. The second-order valence-electron chi connectivity index (χ2n) is 26.5. The number of benzene rings is 8. The number of aromatic nitrogens is 2. The van der Waals surface area contributed by atoms with Gasteiger partial charge in [0.05, 0.1) is 28.1 Å². The van der Waals surface area contributed by atoms with Crippen LogP contribution in [0.4, 0.5) is 22.7 Å². The van der Waals surface area contributed by atoms with Crippen LogP contribution >= 0.6 is 11.3 Å². The third kappa shape index (κ3) is 9.74. The molecule has 0 bridgehead atoms. The van der Waals surface area contributed by atoms with Crippen molar-refractivity contribution < 1.29 is 7.48 Å². The van der Waals surface area contributed by atoms with Gasteiger partial charge in [-0.15, -0.1) is 11.3 Å². The van der Waals surface area contributed by atoms with Crippen LogP contribution in [0, 0.1) is 5.92 Å². The molecule has 12 rings (SSSR count). The number of nitrogens with zero attached hydrogens (tertiary/aromatic N) is 4.